The van der Waals surface area contributed by atoms with Crippen LogP contribution in [0.5, 0.6) is 0 Å². The summed E-state index contributed by atoms with van der Waals surface area (Å²) in [6.07, 6.45) is 6.52. The fourth-order valence-electron chi connectivity index (χ4n) is 2.64. The molecule has 0 saturated carbocycles. The molecule has 1 aromatic rings. The first-order valence-electron chi connectivity index (χ1n) is 9.35. The molecule has 1 aliphatic heterocycles. The monoisotopic (exact) mass is 386 g/mol. The van der Waals surface area contributed by atoms with Crippen molar-refractivity contribution < 1.29 is 8.78 Å². The molecule has 0 spiro atoms. The zero-order valence-electron chi connectivity index (χ0n) is 16.3. The molecular formula is C19H32F2N4S. The standard InChI is InChI=1S/C17H26F2N4S.C2H6/c1-12(16(18)19)5-4-6-15-13(2)11-20-17(22-15)21-14-7-9-23(24-3)10-8-14;1-2/h6,11-12,14,16H,2,4-5,7-10H2,1,3H3,(H,21,22);1-2H3/b15-6-;. The number of hydrogen-bond acceptors (Lipinski definition) is 5. The largest absolute Gasteiger partial charge is 0.351 e. The van der Waals surface area contributed by atoms with Crippen LogP contribution in [0.3, 0.4) is 0 Å². The predicted molar refractivity (Wildman–Crippen MR) is 109 cm³/mol. The molecule has 0 aliphatic carbocycles. The van der Waals surface area contributed by atoms with Crippen LogP contribution in [0.4, 0.5) is 14.7 Å². The predicted octanol–water partition coefficient (Wildman–Crippen LogP) is 3.53. The SMILES string of the molecule is C=c1cnc(NC2CCN(SC)CC2)n/c1=C\CCC(C)C(F)F.CC. The minimum absolute atomic E-state index is 0.371. The van der Waals surface area contributed by atoms with Gasteiger partial charge in [-0.15, -0.1) is 0 Å². The van der Waals surface area contributed by atoms with Crippen molar-refractivity contribution in [3.05, 3.63) is 16.8 Å². The summed E-state index contributed by atoms with van der Waals surface area (Å²) < 4.78 is 27.4. The molecule has 1 unspecified atom stereocenters. The molecule has 7 heteroatoms. The average Bonchev–Trinajstić information content (AvgIpc) is 2.66. The Bertz CT molecular complexity index is 618. The van der Waals surface area contributed by atoms with Crippen molar-refractivity contribution in [3.8, 4) is 0 Å². The minimum atomic E-state index is -2.27. The Kier molecular flexibility index (Phi) is 10.7. The normalized spacial score (nSPS) is 17.7. The van der Waals surface area contributed by atoms with E-state index in [0.717, 1.165) is 36.5 Å². The molecule has 0 radical (unpaired) electrons. The zero-order valence-corrected chi connectivity index (χ0v) is 17.2. The molecule has 2 rings (SSSR count). The lowest BCUT2D eigenvalue weighted by Gasteiger charge is -2.30. The molecule has 1 atom stereocenters. The van der Waals surface area contributed by atoms with Crippen molar-refractivity contribution in [2.75, 3.05) is 24.7 Å². The molecule has 1 aliphatic rings. The maximum Gasteiger partial charge on any atom is 0.241 e. The van der Waals surface area contributed by atoms with Crippen molar-refractivity contribution in [2.45, 2.75) is 58.9 Å². The maximum atomic E-state index is 12.5. The van der Waals surface area contributed by atoms with Crippen LogP contribution in [0.25, 0.3) is 12.7 Å². The fourth-order valence-corrected chi connectivity index (χ4v) is 3.22. The molecule has 1 fully saturated rings. The second-order valence-corrected chi connectivity index (χ2v) is 7.11. The fraction of sp³-hybridized carbons (Fsp3) is 0.684. The molecular weight excluding hydrogens is 354 g/mol. The second-order valence-electron chi connectivity index (χ2n) is 6.23. The number of rotatable bonds is 7. The average molecular weight is 387 g/mol. The third-order valence-corrected chi connectivity index (χ3v) is 5.21. The van der Waals surface area contributed by atoms with Gasteiger partial charge in [-0.1, -0.05) is 45.4 Å². The van der Waals surface area contributed by atoms with Crippen LogP contribution in [0.1, 0.15) is 46.5 Å². The van der Waals surface area contributed by atoms with Crippen LogP contribution in [0, 0.1) is 5.92 Å². The summed E-state index contributed by atoms with van der Waals surface area (Å²) in [6, 6.07) is 0.371. The lowest BCUT2D eigenvalue weighted by molar-refractivity contribution is 0.0829. The number of hydrogen-bond donors (Lipinski definition) is 1. The molecule has 4 nitrogen and oxygen atoms in total. The smallest absolute Gasteiger partial charge is 0.241 e. The van der Waals surface area contributed by atoms with E-state index < -0.39 is 12.3 Å². The summed E-state index contributed by atoms with van der Waals surface area (Å²) in [4.78, 5) is 8.80. The van der Waals surface area contributed by atoms with Gasteiger partial charge in [-0.3, -0.25) is 4.31 Å². The first kappa shape index (κ1) is 22.8. The van der Waals surface area contributed by atoms with Gasteiger partial charge in [-0.05, 0) is 31.9 Å². The Morgan fingerprint density at radius 2 is 2.04 bits per heavy atom. The lowest BCUT2D eigenvalue weighted by atomic mass is 10.1. The van der Waals surface area contributed by atoms with Crippen LogP contribution in [0.15, 0.2) is 6.20 Å². The van der Waals surface area contributed by atoms with Gasteiger partial charge in [0.1, 0.15) is 0 Å². The Morgan fingerprint density at radius 1 is 1.38 bits per heavy atom. The number of anilines is 1. The van der Waals surface area contributed by atoms with Gasteiger partial charge in [0.25, 0.3) is 0 Å². The van der Waals surface area contributed by atoms with E-state index in [0.29, 0.717) is 24.8 Å². The van der Waals surface area contributed by atoms with Crippen molar-refractivity contribution in [1.29, 1.82) is 0 Å². The van der Waals surface area contributed by atoms with E-state index in [9.17, 15) is 8.78 Å². The van der Waals surface area contributed by atoms with Crippen LogP contribution >= 0.6 is 11.9 Å². The summed E-state index contributed by atoms with van der Waals surface area (Å²) in [6.45, 7) is 11.6. The first-order valence-corrected chi connectivity index (χ1v) is 10.5. The number of halogens is 2. The number of nitrogens with zero attached hydrogens (tertiary/aromatic N) is 3. The van der Waals surface area contributed by atoms with Crippen LogP contribution in [-0.4, -0.2) is 46.1 Å². The van der Waals surface area contributed by atoms with Gasteiger partial charge in [0, 0.05) is 36.5 Å². The van der Waals surface area contributed by atoms with E-state index in [1.165, 1.54) is 0 Å². The van der Waals surface area contributed by atoms with Crippen molar-refractivity contribution in [1.82, 2.24) is 14.3 Å². The van der Waals surface area contributed by atoms with Crippen LogP contribution in [-0.2, 0) is 0 Å². The molecule has 0 bridgehead atoms. The highest BCUT2D eigenvalue weighted by Gasteiger charge is 2.19. The Balaban J connectivity index is 0.00000163. The van der Waals surface area contributed by atoms with Crippen molar-refractivity contribution in [3.63, 3.8) is 0 Å². The number of nitrogens with one attached hydrogen (secondary N) is 1. The second kappa shape index (κ2) is 12.2. The Morgan fingerprint density at radius 3 is 2.62 bits per heavy atom. The van der Waals surface area contributed by atoms with Gasteiger partial charge >= 0.3 is 0 Å². The Hall–Kier alpha value is -1.21. The summed E-state index contributed by atoms with van der Waals surface area (Å²) in [5, 5.41) is 4.84. The summed E-state index contributed by atoms with van der Waals surface area (Å²) in [5.41, 5.74) is 0. The van der Waals surface area contributed by atoms with Gasteiger partial charge in [-0.2, -0.15) is 0 Å². The van der Waals surface area contributed by atoms with Gasteiger partial charge in [0.05, 0.1) is 5.35 Å². The molecule has 1 aromatic heterocycles. The summed E-state index contributed by atoms with van der Waals surface area (Å²) in [7, 11) is 0. The third-order valence-electron chi connectivity index (χ3n) is 4.33. The van der Waals surface area contributed by atoms with Gasteiger partial charge in [-0.25, -0.2) is 18.7 Å². The molecule has 148 valence electrons. The van der Waals surface area contributed by atoms with E-state index >= 15 is 0 Å². The topological polar surface area (TPSA) is 41.1 Å². The molecule has 2 heterocycles. The van der Waals surface area contributed by atoms with Gasteiger partial charge < -0.3 is 5.32 Å². The highest BCUT2D eigenvalue weighted by atomic mass is 32.2. The van der Waals surface area contributed by atoms with Crippen molar-refractivity contribution >= 4 is 30.6 Å². The lowest BCUT2D eigenvalue weighted by Crippen LogP contribution is -2.37. The van der Waals surface area contributed by atoms with Crippen LogP contribution < -0.4 is 15.9 Å². The maximum absolute atomic E-state index is 12.5. The molecule has 1 N–H and O–H groups in total. The Labute approximate surface area is 160 Å². The number of aromatic nitrogens is 2. The number of piperidine rings is 1. The van der Waals surface area contributed by atoms with Gasteiger partial charge in [0.15, 0.2) is 0 Å². The summed E-state index contributed by atoms with van der Waals surface area (Å²) >= 11 is 1.78. The highest BCUT2D eigenvalue weighted by Crippen LogP contribution is 2.18. The molecule has 0 aromatic carbocycles. The van der Waals surface area contributed by atoms with E-state index in [4.69, 9.17) is 0 Å². The summed E-state index contributed by atoms with van der Waals surface area (Å²) in [5.74, 6) is -0.00581. The number of alkyl halides is 2. The van der Waals surface area contributed by atoms with E-state index in [1.807, 2.05) is 19.9 Å². The van der Waals surface area contributed by atoms with Crippen molar-refractivity contribution in [2.24, 2.45) is 5.92 Å². The molecule has 1 saturated heterocycles. The first-order chi connectivity index (χ1) is 12.5. The molecule has 26 heavy (non-hydrogen) atoms. The van der Waals surface area contributed by atoms with E-state index in [2.05, 4.69) is 32.4 Å². The zero-order chi connectivity index (χ0) is 19.5. The minimum Gasteiger partial charge on any atom is -0.351 e. The quantitative estimate of drug-likeness (QED) is 0.726. The third kappa shape index (κ3) is 7.58. The van der Waals surface area contributed by atoms with E-state index in [1.54, 1.807) is 25.1 Å². The van der Waals surface area contributed by atoms with Gasteiger partial charge in [0.2, 0.25) is 12.4 Å². The highest BCUT2D eigenvalue weighted by molar-refractivity contribution is 7.96. The van der Waals surface area contributed by atoms with E-state index in [-0.39, 0.29) is 0 Å². The molecule has 0 amide bonds. The van der Waals surface area contributed by atoms with Crippen LogP contribution in [0.2, 0.25) is 0 Å².